The molecule has 2 aromatic carbocycles. The molecule has 2 unspecified atom stereocenters. The summed E-state index contributed by atoms with van der Waals surface area (Å²) in [5.74, 6) is 0.166. The Balaban J connectivity index is 1.10. The molecule has 1 amide bonds. The smallest absolute Gasteiger partial charge is 0.448 e. The predicted octanol–water partition coefficient (Wildman–Crippen LogP) is 6.23. The third-order valence-electron chi connectivity index (χ3n) is 9.65. The summed E-state index contributed by atoms with van der Waals surface area (Å²) in [6, 6.07) is 16.9. The van der Waals surface area contributed by atoms with Crippen molar-refractivity contribution in [3.63, 3.8) is 0 Å². The van der Waals surface area contributed by atoms with Crippen LogP contribution in [-0.2, 0) is 18.8 Å². The maximum absolute atomic E-state index is 13.5. The van der Waals surface area contributed by atoms with E-state index in [1.807, 2.05) is 32.6 Å². The molecule has 2 bridgehead atoms. The molecule has 0 saturated carbocycles. The van der Waals surface area contributed by atoms with Crippen LogP contribution in [0.3, 0.4) is 0 Å². The van der Waals surface area contributed by atoms with Crippen LogP contribution in [0.25, 0.3) is 11.1 Å². The quantitative estimate of drug-likeness (QED) is 0.442. The van der Waals surface area contributed by atoms with E-state index in [0.29, 0.717) is 19.4 Å². The van der Waals surface area contributed by atoms with Crippen molar-refractivity contribution < 1.29 is 23.6 Å². The molecule has 3 fully saturated rings. The lowest BCUT2D eigenvalue weighted by atomic mass is 9.71. The Bertz CT molecular complexity index is 1170. The minimum absolute atomic E-state index is 0.0465. The van der Waals surface area contributed by atoms with Crippen LogP contribution in [0, 0.1) is 5.92 Å². The van der Waals surface area contributed by atoms with E-state index in [2.05, 4.69) is 48.5 Å². The first-order valence-electron chi connectivity index (χ1n) is 14.2. The number of ketones is 1. The van der Waals surface area contributed by atoms with Crippen LogP contribution < -0.4 is 0 Å². The number of Topliss-reactive ketones (excluding diaryl/α,β-unsaturated/α-hetero) is 1. The van der Waals surface area contributed by atoms with Gasteiger partial charge in [-0.15, -0.1) is 0 Å². The lowest BCUT2D eigenvalue weighted by molar-refractivity contribution is -0.124. The molecule has 6 nitrogen and oxygen atoms in total. The lowest BCUT2D eigenvalue weighted by Gasteiger charge is -2.47. The number of piperidine rings is 2. The van der Waals surface area contributed by atoms with Crippen LogP contribution in [0.5, 0.6) is 0 Å². The number of fused-ring (bicyclic) bond motifs is 5. The van der Waals surface area contributed by atoms with Crippen molar-refractivity contribution in [1.29, 1.82) is 0 Å². The van der Waals surface area contributed by atoms with Gasteiger partial charge in [0.05, 0.1) is 11.2 Å². The molecule has 0 aromatic heterocycles. The topological polar surface area (TPSA) is 65.1 Å². The van der Waals surface area contributed by atoms with E-state index in [9.17, 15) is 9.59 Å². The molecule has 1 aliphatic carbocycles. The van der Waals surface area contributed by atoms with Gasteiger partial charge < -0.3 is 18.9 Å². The van der Waals surface area contributed by atoms with E-state index in [1.54, 1.807) is 0 Å². The number of carbonyl (C=O) groups is 2. The Kier molecular flexibility index (Phi) is 6.43. The molecular formula is C31H38BNO5. The first-order chi connectivity index (χ1) is 18.1. The highest BCUT2D eigenvalue weighted by Gasteiger charge is 2.52. The predicted molar refractivity (Wildman–Crippen MR) is 147 cm³/mol. The standard InChI is InChI=1S/C31H38BNO5/c1-30(2)31(3,4)38-32(37-30)18-28(34)20-16-21-10-9-11-22(17-20)33(21)29(35)36-19-27-25-14-7-5-12-23(25)24-13-6-8-15-26(24)27/h5-8,12-15,20-22,27H,9-11,16-19H2,1-4H3. The summed E-state index contributed by atoms with van der Waals surface area (Å²) in [4.78, 5) is 28.7. The van der Waals surface area contributed by atoms with Crippen LogP contribution in [0.2, 0.25) is 6.32 Å². The highest BCUT2D eigenvalue weighted by molar-refractivity contribution is 6.50. The Hall–Kier alpha value is -2.64. The largest absolute Gasteiger partial charge is 0.465 e. The van der Waals surface area contributed by atoms with Gasteiger partial charge in [-0.2, -0.15) is 0 Å². The fourth-order valence-corrected chi connectivity index (χ4v) is 6.99. The fourth-order valence-electron chi connectivity index (χ4n) is 6.99. The number of ether oxygens (including phenoxy) is 1. The van der Waals surface area contributed by atoms with Crippen molar-refractivity contribution in [3.05, 3.63) is 59.7 Å². The Morgan fingerprint density at radius 2 is 1.42 bits per heavy atom. The first kappa shape index (κ1) is 25.6. The van der Waals surface area contributed by atoms with E-state index in [1.165, 1.54) is 22.3 Å². The second kappa shape index (κ2) is 9.53. The fraction of sp³-hybridized carbons (Fsp3) is 0.548. The molecule has 2 aromatic rings. The molecule has 200 valence electrons. The summed E-state index contributed by atoms with van der Waals surface area (Å²) < 4.78 is 18.2. The van der Waals surface area contributed by atoms with Gasteiger partial charge in [0.1, 0.15) is 12.4 Å². The van der Waals surface area contributed by atoms with Crippen LogP contribution in [-0.4, -0.2) is 53.8 Å². The Morgan fingerprint density at radius 1 is 0.895 bits per heavy atom. The summed E-state index contributed by atoms with van der Waals surface area (Å²) in [6.45, 7) is 8.36. The van der Waals surface area contributed by atoms with E-state index >= 15 is 0 Å². The molecule has 3 heterocycles. The molecule has 3 aliphatic heterocycles. The van der Waals surface area contributed by atoms with Gasteiger partial charge in [0, 0.05) is 30.2 Å². The van der Waals surface area contributed by atoms with E-state index in [4.69, 9.17) is 14.0 Å². The maximum atomic E-state index is 13.5. The zero-order valence-electron chi connectivity index (χ0n) is 22.9. The summed E-state index contributed by atoms with van der Waals surface area (Å²) >= 11 is 0. The molecule has 38 heavy (non-hydrogen) atoms. The van der Waals surface area contributed by atoms with Gasteiger partial charge in [-0.1, -0.05) is 48.5 Å². The molecule has 0 N–H and O–H groups in total. The molecule has 3 saturated heterocycles. The minimum atomic E-state index is -0.507. The monoisotopic (exact) mass is 515 g/mol. The van der Waals surface area contributed by atoms with Gasteiger partial charge in [0.2, 0.25) is 0 Å². The van der Waals surface area contributed by atoms with E-state index in [0.717, 1.165) is 19.3 Å². The van der Waals surface area contributed by atoms with Crippen molar-refractivity contribution in [2.24, 2.45) is 5.92 Å². The summed E-state index contributed by atoms with van der Waals surface area (Å²) in [5, 5.41) is 0. The number of benzene rings is 2. The molecule has 7 heteroatoms. The van der Waals surface area contributed by atoms with Gasteiger partial charge in [0.25, 0.3) is 0 Å². The number of rotatable bonds is 5. The van der Waals surface area contributed by atoms with Gasteiger partial charge >= 0.3 is 13.2 Å². The zero-order chi connectivity index (χ0) is 26.7. The van der Waals surface area contributed by atoms with Gasteiger partial charge in [0.15, 0.2) is 0 Å². The lowest BCUT2D eigenvalue weighted by Crippen LogP contribution is -2.56. The minimum Gasteiger partial charge on any atom is -0.448 e. The van der Waals surface area contributed by atoms with Crippen molar-refractivity contribution in [2.45, 2.75) is 95.3 Å². The number of hydrogen-bond acceptors (Lipinski definition) is 5. The van der Waals surface area contributed by atoms with E-state index in [-0.39, 0.29) is 42.1 Å². The van der Waals surface area contributed by atoms with Crippen LogP contribution in [0.1, 0.15) is 76.8 Å². The van der Waals surface area contributed by atoms with Crippen LogP contribution >= 0.6 is 0 Å². The average Bonchev–Trinajstić information content (AvgIpc) is 3.30. The second-order valence-corrected chi connectivity index (χ2v) is 12.5. The molecule has 2 atom stereocenters. The average molecular weight is 515 g/mol. The molecule has 4 aliphatic rings. The first-order valence-corrected chi connectivity index (χ1v) is 14.2. The summed E-state index contributed by atoms with van der Waals surface area (Å²) in [6.07, 6.45) is 4.33. The van der Waals surface area contributed by atoms with Crippen LogP contribution in [0.4, 0.5) is 4.79 Å². The third kappa shape index (κ3) is 4.38. The molecular weight excluding hydrogens is 477 g/mol. The van der Waals surface area contributed by atoms with Crippen molar-refractivity contribution in [3.8, 4) is 11.1 Å². The van der Waals surface area contributed by atoms with Crippen molar-refractivity contribution in [1.82, 2.24) is 4.90 Å². The van der Waals surface area contributed by atoms with E-state index < -0.39 is 18.3 Å². The third-order valence-corrected chi connectivity index (χ3v) is 9.65. The highest BCUT2D eigenvalue weighted by atomic mass is 16.7. The zero-order valence-corrected chi connectivity index (χ0v) is 22.9. The Morgan fingerprint density at radius 3 is 1.97 bits per heavy atom. The summed E-state index contributed by atoms with van der Waals surface area (Å²) in [7, 11) is -0.507. The SMILES string of the molecule is CC1(C)OB(CC(=O)C2CC3CCCC(C2)N3C(=O)OCC2c3ccccc3-c3ccccc32)OC1(C)C. The highest BCUT2D eigenvalue weighted by Crippen LogP contribution is 2.45. The molecule has 0 radical (unpaired) electrons. The van der Waals surface area contributed by atoms with Crippen molar-refractivity contribution in [2.75, 3.05) is 6.61 Å². The molecule has 6 rings (SSSR count). The second-order valence-electron chi connectivity index (χ2n) is 12.5. The van der Waals surface area contributed by atoms with Gasteiger partial charge in [-0.25, -0.2) is 4.79 Å². The number of nitrogens with zero attached hydrogens (tertiary/aromatic N) is 1. The van der Waals surface area contributed by atoms with Gasteiger partial charge in [-0.05, 0) is 82.1 Å². The number of amides is 1. The number of carbonyl (C=O) groups excluding carboxylic acids is 2. The summed E-state index contributed by atoms with van der Waals surface area (Å²) in [5.41, 5.74) is 4.00. The number of hydrogen-bond donors (Lipinski definition) is 0. The maximum Gasteiger partial charge on any atom is 0.465 e. The normalized spacial score (nSPS) is 27.1. The van der Waals surface area contributed by atoms with Crippen LogP contribution in [0.15, 0.2) is 48.5 Å². The van der Waals surface area contributed by atoms with Gasteiger partial charge in [-0.3, -0.25) is 4.79 Å². The molecule has 0 spiro atoms. The van der Waals surface area contributed by atoms with Crippen molar-refractivity contribution >= 4 is 19.0 Å². The Labute approximate surface area is 226 Å².